The van der Waals surface area contributed by atoms with E-state index in [0.29, 0.717) is 5.69 Å². The maximum absolute atomic E-state index is 9.03. The highest BCUT2D eigenvalue weighted by Gasteiger charge is 2.11. The molecule has 102 valence electrons. The molecular weight excluding hydrogens is 258 g/mol. The van der Waals surface area contributed by atoms with Crippen molar-refractivity contribution in [3.63, 3.8) is 0 Å². The molecule has 0 N–H and O–H groups in total. The van der Waals surface area contributed by atoms with Gasteiger partial charge >= 0.3 is 0 Å². The van der Waals surface area contributed by atoms with Gasteiger partial charge in [0, 0.05) is 29.5 Å². The van der Waals surface area contributed by atoms with E-state index in [4.69, 9.17) is 5.26 Å². The van der Waals surface area contributed by atoms with Crippen molar-refractivity contribution in [2.45, 2.75) is 6.92 Å². The van der Waals surface area contributed by atoms with E-state index in [1.807, 2.05) is 24.3 Å². The minimum Gasteiger partial charge on any atom is -0.341 e. The number of aromatic nitrogens is 1. The number of hydrogen-bond donors (Lipinski definition) is 0. The summed E-state index contributed by atoms with van der Waals surface area (Å²) in [6.45, 7) is 2.93. The number of rotatable bonds is 3. The van der Waals surface area contributed by atoms with E-state index < -0.39 is 0 Å². The lowest BCUT2D eigenvalue weighted by Crippen LogP contribution is -2.16. The van der Waals surface area contributed by atoms with Crippen LogP contribution in [0.1, 0.15) is 12.6 Å². The van der Waals surface area contributed by atoms with Crippen LogP contribution in [0.3, 0.4) is 0 Å². The average Bonchev–Trinajstić information content (AvgIpc) is 2.56. The normalized spacial score (nSPS) is 10.3. The van der Waals surface area contributed by atoms with Gasteiger partial charge in [-0.2, -0.15) is 5.26 Å². The van der Waals surface area contributed by atoms with Gasteiger partial charge in [0.25, 0.3) is 0 Å². The highest BCUT2D eigenvalue weighted by atomic mass is 15.1. The number of anilines is 2. The Labute approximate surface area is 124 Å². The molecule has 0 amide bonds. The standard InChI is InChI=1S/C18H15N3/c1-2-21(16-10-11-20-15(12-16)13-19)18-9-5-7-14-6-3-4-8-17(14)18/h3-12H,2H2,1H3. The van der Waals surface area contributed by atoms with Crippen molar-refractivity contribution in [1.82, 2.24) is 4.98 Å². The van der Waals surface area contributed by atoms with Crippen LogP contribution in [-0.4, -0.2) is 11.5 Å². The summed E-state index contributed by atoms with van der Waals surface area (Å²) < 4.78 is 0. The number of hydrogen-bond acceptors (Lipinski definition) is 3. The fourth-order valence-corrected chi connectivity index (χ4v) is 2.58. The molecule has 0 unspecified atom stereocenters. The number of benzene rings is 2. The summed E-state index contributed by atoms with van der Waals surface area (Å²) in [6, 6.07) is 20.5. The molecule has 0 aliphatic rings. The summed E-state index contributed by atoms with van der Waals surface area (Å²) in [4.78, 5) is 6.24. The monoisotopic (exact) mass is 273 g/mol. The maximum atomic E-state index is 9.03. The fraction of sp³-hybridized carbons (Fsp3) is 0.111. The van der Waals surface area contributed by atoms with Gasteiger partial charge in [0.05, 0.1) is 0 Å². The Morgan fingerprint density at radius 1 is 1.10 bits per heavy atom. The van der Waals surface area contributed by atoms with E-state index in [1.54, 1.807) is 6.20 Å². The summed E-state index contributed by atoms with van der Waals surface area (Å²) in [5, 5.41) is 11.4. The Kier molecular flexibility index (Phi) is 3.53. The molecule has 0 bridgehead atoms. The Morgan fingerprint density at radius 3 is 2.71 bits per heavy atom. The van der Waals surface area contributed by atoms with E-state index >= 15 is 0 Å². The lowest BCUT2D eigenvalue weighted by molar-refractivity contribution is 1.02. The molecule has 3 heteroatoms. The molecule has 0 aliphatic heterocycles. The molecule has 3 nitrogen and oxygen atoms in total. The highest BCUT2D eigenvalue weighted by Crippen LogP contribution is 2.31. The predicted molar refractivity (Wildman–Crippen MR) is 85.6 cm³/mol. The van der Waals surface area contributed by atoms with E-state index in [-0.39, 0.29) is 0 Å². The van der Waals surface area contributed by atoms with Gasteiger partial charge < -0.3 is 4.90 Å². The second-order valence-electron chi connectivity index (χ2n) is 4.75. The van der Waals surface area contributed by atoms with Gasteiger partial charge in [0.15, 0.2) is 0 Å². The molecule has 0 aliphatic carbocycles. The van der Waals surface area contributed by atoms with Gasteiger partial charge in [0.2, 0.25) is 0 Å². The smallest absolute Gasteiger partial charge is 0.142 e. The van der Waals surface area contributed by atoms with Crippen molar-refractivity contribution in [2.24, 2.45) is 0 Å². The molecule has 0 saturated carbocycles. The summed E-state index contributed by atoms with van der Waals surface area (Å²) >= 11 is 0. The van der Waals surface area contributed by atoms with Crippen LogP contribution in [0.2, 0.25) is 0 Å². The van der Waals surface area contributed by atoms with Gasteiger partial charge in [-0.25, -0.2) is 4.98 Å². The Balaban J connectivity index is 2.16. The quantitative estimate of drug-likeness (QED) is 0.715. The summed E-state index contributed by atoms with van der Waals surface area (Å²) in [6.07, 6.45) is 1.68. The van der Waals surface area contributed by atoms with Crippen LogP contribution in [0.15, 0.2) is 60.8 Å². The second kappa shape index (κ2) is 5.64. The zero-order valence-electron chi connectivity index (χ0n) is 11.8. The Hall–Kier alpha value is -2.86. The molecule has 1 aromatic heterocycles. The van der Waals surface area contributed by atoms with E-state index in [2.05, 4.69) is 53.2 Å². The number of nitriles is 1. The van der Waals surface area contributed by atoms with Crippen LogP contribution in [0.25, 0.3) is 10.8 Å². The van der Waals surface area contributed by atoms with Gasteiger partial charge in [0.1, 0.15) is 11.8 Å². The molecule has 0 spiro atoms. The van der Waals surface area contributed by atoms with Crippen LogP contribution in [0, 0.1) is 11.3 Å². The van der Waals surface area contributed by atoms with Crippen LogP contribution in [0.5, 0.6) is 0 Å². The zero-order chi connectivity index (χ0) is 14.7. The summed E-state index contributed by atoms with van der Waals surface area (Å²) in [7, 11) is 0. The van der Waals surface area contributed by atoms with Crippen LogP contribution in [-0.2, 0) is 0 Å². The average molecular weight is 273 g/mol. The van der Waals surface area contributed by atoms with Gasteiger partial charge in [-0.15, -0.1) is 0 Å². The van der Waals surface area contributed by atoms with Gasteiger partial charge in [-0.05, 0) is 30.5 Å². The van der Waals surface area contributed by atoms with Crippen LogP contribution < -0.4 is 4.90 Å². The molecule has 0 atom stereocenters. The summed E-state index contributed by atoms with van der Waals surface area (Å²) in [5.41, 5.74) is 2.57. The van der Waals surface area contributed by atoms with Crippen molar-refractivity contribution in [2.75, 3.05) is 11.4 Å². The lowest BCUT2D eigenvalue weighted by Gasteiger charge is -2.24. The summed E-state index contributed by atoms with van der Waals surface area (Å²) in [5.74, 6) is 0. The second-order valence-corrected chi connectivity index (χ2v) is 4.75. The fourth-order valence-electron chi connectivity index (χ4n) is 2.58. The predicted octanol–water partition coefficient (Wildman–Crippen LogP) is 4.26. The number of fused-ring (bicyclic) bond motifs is 1. The van der Waals surface area contributed by atoms with Gasteiger partial charge in [-0.3, -0.25) is 0 Å². The number of pyridine rings is 1. The lowest BCUT2D eigenvalue weighted by atomic mass is 10.1. The molecule has 0 fully saturated rings. The molecule has 3 rings (SSSR count). The molecule has 3 aromatic rings. The largest absolute Gasteiger partial charge is 0.341 e. The first kappa shape index (κ1) is 13.1. The zero-order valence-corrected chi connectivity index (χ0v) is 11.8. The molecule has 2 aromatic carbocycles. The highest BCUT2D eigenvalue weighted by molar-refractivity contribution is 5.96. The van der Waals surface area contributed by atoms with Crippen molar-refractivity contribution in [3.8, 4) is 6.07 Å². The Bertz CT molecular complexity index is 813. The van der Waals surface area contributed by atoms with Crippen molar-refractivity contribution >= 4 is 22.1 Å². The van der Waals surface area contributed by atoms with E-state index in [9.17, 15) is 0 Å². The topological polar surface area (TPSA) is 39.9 Å². The first-order valence-corrected chi connectivity index (χ1v) is 6.95. The number of nitrogens with zero attached hydrogens (tertiary/aromatic N) is 3. The van der Waals surface area contributed by atoms with E-state index in [1.165, 1.54) is 10.8 Å². The van der Waals surface area contributed by atoms with Gasteiger partial charge in [-0.1, -0.05) is 36.4 Å². The molecule has 1 heterocycles. The minimum absolute atomic E-state index is 0.436. The van der Waals surface area contributed by atoms with Crippen molar-refractivity contribution in [1.29, 1.82) is 5.26 Å². The third kappa shape index (κ3) is 2.44. The third-order valence-corrected chi connectivity index (χ3v) is 3.54. The Morgan fingerprint density at radius 2 is 1.90 bits per heavy atom. The first-order valence-electron chi connectivity index (χ1n) is 6.95. The molecule has 21 heavy (non-hydrogen) atoms. The SMILES string of the molecule is CCN(c1ccnc(C#N)c1)c1cccc2ccccc12. The third-order valence-electron chi connectivity index (χ3n) is 3.54. The maximum Gasteiger partial charge on any atom is 0.142 e. The first-order chi connectivity index (χ1) is 10.3. The molecular formula is C18H15N3. The molecule has 0 saturated heterocycles. The van der Waals surface area contributed by atoms with Crippen molar-refractivity contribution in [3.05, 3.63) is 66.5 Å². The van der Waals surface area contributed by atoms with E-state index in [0.717, 1.165) is 17.9 Å². The molecule has 0 radical (unpaired) electrons. The van der Waals surface area contributed by atoms with Crippen LogP contribution >= 0.6 is 0 Å². The van der Waals surface area contributed by atoms with Crippen molar-refractivity contribution < 1.29 is 0 Å². The minimum atomic E-state index is 0.436. The van der Waals surface area contributed by atoms with Crippen LogP contribution in [0.4, 0.5) is 11.4 Å².